The number of rotatable bonds is 4. The molecule has 168 valence electrons. The van der Waals surface area contributed by atoms with E-state index in [1.807, 2.05) is 0 Å². The average molecular weight is 441 g/mol. The molecule has 2 amide bonds. The monoisotopic (exact) mass is 441 g/mol. The molecule has 1 aliphatic heterocycles. The number of likely N-dealkylation sites (tertiary alicyclic amines) is 1. The molecule has 0 radical (unpaired) electrons. The van der Waals surface area contributed by atoms with E-state index in [4.69, 9.17) is 0 Å². The molecule has 1 aromatic carbocycles. The SMILES string of the molecule is CN(C)c1ccc(C(F)(F)F)cc1NC(=O)C1CCN(C(=O)OCC(F)(F)F)CC1. The van der Waals surface area contributed by atoms with Crippen LogP contribution in [-0.2, 0) is 15.7 Å². The van der Waals surface area contributed by atoms with E-state index in [1.165, 1.54) is 6.07 Å². The van der Waals surface area contributed by atoms with Crippen LogP contribution in [-0.4, -0.2) is 56.9 Å². The number of piperidine rings is 1. The zero-order valence-electron chi connectivity index (χ0n) is 16.2. The molecule has 0 bridgehead atoms. The molecule has 1 saturated heterocycles. The number of nitrogens with one attached hydrogen (secondary N) is 1. The maximum Gasteiger partial charge on any atom is 0.422 e. The van der Waals surface area contributed by atoms with Gasteiger partial charge in [0.2, 0.25) is 5.91 Å². The summed E-state index contributed by atoms with van der Waals surface area (Å²) in [6, 6.07) is 3.00. The summed E-state index contributed by atoms with van der Waals surface area (Å²) in [7, 11) is 3.23. The molecule has 2 rings (SSSR count). The number of anilines is 2. The Morgan fingerprint density at radius 2 is 1.73 bits per heavy atom. The van der Waals surface area contributed by atoms with Crippen LogP contribution >= 0.6 is 0 Å². The van der Waals surface area contributed by atoms with Crippen LogP contribution < -0.4 is 10.2 Å². The smallest absolute Gasteiger partial charge is 0.422 e. The van der Waals surface area contributed by atoms with E-state index in [0.29, 0.717) is 5.69 Å². The standard InChI is InChI=1S/C18H21F6N3O3/c1-26(2)14-4-3-12(18(22,23)24)9-13(14)25-15(28)11-5-7-27(8-6-11)16(29)30-10-17(19,20)21/h3-4,9,11H,5-8,10H2,1-2H3,(H,25,28). The van der Waals surface area contributed by atoms with E-state index in [1.54, 1.807) is 19.0 Å². The van der Waals surface area contributed by atoms with Crippen LogP contribution in [0.4, 0.5) is 42.5 Å². The molecular formula is C18H21F6N3O3. The third-order valence-electron chi connectivity index (χ3n) is 4.55. The van der Waals surface area contributed by atoms with Crippen molar-refractivity contribution in [1.29, 1.82) is 0 Å². The van der Waals surface area contributed by atoms with Gasteiger partial charge >= 0.3 is 18.4 Å². The van der Waals surface area contributed by atoms with Crippen molar-refractivity contribution in [2.75, 3.05) is 44.0 Å². The van der Waals surface area contributed by atoms with Crippen LogP contribution in [0.1, 0.15) is 18.4 Å². The third kappa shape index (κ3) is 6.42. The number of carbonyl (C=O) groups excluding carboxylic acids is 2. The van der Waals surface area contributed by atoms with Gasteiger partial charge in [0.25, 0.3) is 0 Å². The molecule has 6 nitrogen and oxygen atoms in total. The Kier molecular flexibility index (Phi) is 7.09. The first kappa shape index (κ1) is 23.6. The quantitative estimate of drug-likeness (QED) is 0.715. The molecule has 1 fully saturated rings. The number of benzene rings is 1. The lowest BCUT2D eigenvalue weighted by atomic mass is 9.96. The molecule has 1 aliphatic rings. The Morgan fingerprint density at radius 1 is 1.13 bits per heavy atom. The van der Waals surface area contributed by atoms with E-state index < -0.39 is 42.4 Å². The van der Waals surface area contributed by atoms with Gasteiger partial charge in [-0.2, -0.15) is 26.3 Å². The van der Waals surface area contributed by atoms with E-state index in [2.05, 4.69) is 10.1 Å². The van der Waals surface area contributed by atoms with Crippen molar-refractivity contribution in [2.24, 2.45) is 5.92 Å². The Balaban J connectivity index is 2.00. The molecule has 0 unspecified atom stereocenters. The summed E-state index contributed by atoms with van der Waals surface area (Å²) < 4.78 is 79.6. The molecule has 0 saturated carbocycles. The Morgan fingerprint density at radius 3 is 2.23 bits per heavy atom. The number of halogens is 6. The van der Waals surface area contributed by atoms with Gasteiger partial charge in [0, 0.05) is 33.1 Å². The molecule has 1 aromatic rings. The number of hydrogen-bond donors (Lipinski definition) is 1. The molecule has 1 heterocycles. The van der Waals surface area contributed by atoms with Crippen molar-refractivity contribution in [1.82, 2.24) is 4.90 Å². The molecule has 0 spiro atoms. The maximum atomic E-state index is 13.0. The first-order valence-electron chi connectivity index (χ1n) is 8.96. The molecule has 0 atom stereocenters. The number of nitrogens with zero attached hydrogens (tertiary/aromatic N) is 2. The minimum Gasteiger partial charge on any atom is -0.440 e. The van der Waals surface area contributed by atoms with Gasteiger partial charge in [0.15, 0.2) is 6.61 Å². The fourth-order valence-electron chi connectivity index (χ4n) is 3.00. The number of amides is 2. The summed E-state index contributed by atoms with van der Waals surface area (Å²) in [5.41, 5.74) is -0.540. The number of carbonyl (C=O) groups is 2. The molecule has 0 aromatic heterocycles. The van der Waals surface area contributed by atoms with Crippen molar-refractivity contribution < 1.29 is 40.7 Å². The highest BCUT2D eigenvalue weighted by molar-refractivity contribution is 5.96. The second-order valence-electron chi connectivity index (χ2n) is 7.04. The fourth-order valence-corrected chi connectivity index (χ4v) is 3.00. The minimum absolute atomic E-state index is 0.00208. The summed E-state index contributed by atoms with van der Waals surface area (Å²) in [5, 5.41) is 2.50. The normalized spacial score (nSPS) is 15.7. The molecule has 30 heavy (non-hydrogen) atoms. The van der Waals surface area contributed by atoms with Crippen LogP contribution in [0.2, 0.25) is 0 Å². The Hall–Kier alpha value is -2.66. The van der Waals surface area contributed by atoms with Crippen LogP contribution in [0.15, 0.2) is 18.2 Å². The van der Waals surface area contributed by atoms with Crippen molar-refractivity contribution in [3.63, 3.8) is 0 Å². The van der Waals surface area contributed by atoms with Crippen molar-refractivity contribution in [3.8, 4) is 0 Å². The zero-order valence-corrected chi connectivity index (χ0v) is 16.2. The first-order chi connectivity index (χ1) is 13.8. The molecular weight excluding hydrogens is 420 g/mol. The predicted octanol–water partition coefficient (Wildman–Crippen LogP) is 4.12. The summed E-state index contributed by atoms with van der Waals surface area (Å²) in [4.78, 5) is 26.8. The Labute approximate surface area is 168 Å². The number of alkyl halides is 6. The highest BCUT2D eigenvalue weighted by Crippen LogP contribution is 2.35. The van der Waals surface area contributed by atoms with E-state index in [0.717, 1.165) is 17.0 Å². The van der Waals surface area contributed by atoms with Crippen molar-refractivity contribution in [2.45, 2.75) is 25.2 Å². The summed E-state index contributed by atoms with van der Waals surface area (Å²) >= 11 is 0. The maximum absolute atomic E-state index is 13.0. The second kappa shape index (κ2) is 9.00. The topological polar surface area (TPSA) is 61.9 Å². The van der Waals surface area contributed by atoms with Gasteiger partial charge in [-0.05, 0) is 31.0 Å². The van der Waals surface area contributed by atoms with Gasteiger partial charge < -0.3 is 19.9 Å². The zero-order chi connectivity index (χ0) is 22.7. The largest absolute Gasteiger partial charge is 0.440 e. The number of ether oxygens (including phenoxy) is 1. The van der Waals surface area contributed by atoms with Gasteiger partial charge in [-0.3, -0.25) is 4.79 Å². The van der Waals surface area contributed by atoms with E-state index >= 15 is 0 Å². The van der Waals surface area contributed by atoms with Crippen LogP contribution in [0.3, 0.4) is 0 Å². The van der Waals surface area contributed by atoms with Gasteiger partial charge in [-0.1, -0.05) is 0 Å². The van der Waals surface area contributed by atoms with Gasteiger partial charge in [0.05, 0.1) is 16.9 Å². The molecule has 12 heteroatoms. The van der Waals surface area contributed by atoms with E-state index in [9.17, 15) is 35.9 Å². The highest BCUT2D eigenvalue weighted by atomic mass is 19.4. The van der Waals surface area contributed by atoms with E-state index in [-0.39, 0.29) is 31.6 Å². The van der Waals surface area contributed by atoms with Crippen molar-refractivity contribution >= 4 is 23.4 Å². The van der Waals surface area contributed by atoms with Gasteiger partial charge in [0.1, 0.15) is 0 Å². The summed E-state index contributed by atoms with van der Waals surface area (Å²) in [5.74, 6) is -1.14. The molecule has 1 N–H and O–H groups in total. The van der Waals surface area contributed by atoms with Crippen LogP contribution in [0.25, 0.3) is 0 Å². The Bertz CT molecular complexity index is 771. The summed E-state index contributed by atoms with van der Waals surface area (Å²) in [6.45, 7) is -1.70. The van der Waals surface area contributed by atoms with Gasteiger partial charge in [-0.15, -0.1) is 0 Å². The summed E-state index contributed by atoms with van der Waals surface area (Å²) in [6.07, 6.45) is -10.1. The minimum atomic E-state index is -4.64. The lowest BCUT2D eigenvalue weighted by Gasteiger charge is -2.31. The number of hydrogen-bond acceptors (Lipinski definition) is 4. The van der Waals surface area contributed by atoms with Gasteiger partial charge in [-0.25, -0.2) is 4.79 Å². The first-order valence-corrected chi connectivity index (χ1v) is 8.96. The van der Waals surface area contributed by atoms with Crippen molar-refractivity contribution in [3.05, 3.63) is 23.8 Å². The van der Waals surface area contributed by atoms with Crippen LogP contribution in [0, 0.1) is 5.92 Å². The second-order valence-corrected chi connectivity index (χ2v) is 7.04. The third-order valence-corrected chi connectivity index (χ3v) is 4.55. The lowest BCUT2D eigenvalue weighted by molar-refractivity contribution is -0.162. The average Bonchev–Trinajstić information content (AvgIpc) is 2.64. The van der Waals surface area contributed by atoms with Crippen LogP contribution in [0.5, 0.6) is 0 Å². The lowest BCUT2D eigenvalue weighted by Crippen LogP contribution is -2.42. The highest BCUT2D eigenvalue weighted by Gasteiger charge is 2.34. The molecule has 0 aliphatic carbocycles. The fraction of sp³-hybridized carbons (Fsp3) is 0.556. The predicted molar refractivity (Wildman–Crippen MR) is 96.1 cm³/mol.